The third-order valence-electron chi connectivity index (χ3n) is 3.80. The van der Waals surface area contributed by atoms with Crippen molar-refractivity contribution in [3.63, 3.8) is 0 Å². The molecular formula is C21H18ClN3O2. The smallest absolute Gasteiger partial charge is 0.178 e. The van der Waals surface area contributed by atoms with Crippen molar-refractivity contribution in [2.45, 2.75) is 13.8 Å². The van der Waals surface area contributed by atoms with Crippen molar-refractivity contribution in [3.05, 3.63) is 59.4 Å². The third-order valence-corrected chi connectivity index (χ3v) is 4.06. The number of aromatic nitrogens is 2. The van der Waals surface area contributed by atoms with Crippen molar-refractivity contribution in [3.8, 4) is 40.1 Å². The van der Waals surface area contributed by atoms with Crippen molar-refractivity contribution in [2.75, 3.05) is 13.2 Å². The van der Waals surface area contributed by atoms with E-state index in [4.69, 9.17) is 21.1 Å². The Bertz CT molecular complexity index is 999. The topological polar surface area (TPSA) is 68.0 Å². The molecule has 27 heavy (non-hydrogen) atoms. The fourth-order valence-electron chi connectivity index (χ4n) is 2.69. The summed E-state index contributed by atoms with van der Waals surface area (Å²) in [6, 6.07) is 17.1. The molecule has 1 aromatic heterocycles. The standard InChI is InChI=1S/C21H18ClN3O2/c1-3-26-16-9-5-7-14(11-16)19-20(25-21(22)18(13-23)24-19)15-8-6-10-17(12-15)27-4-2/h5-12H,3-4H2,1-2H3. The zero-order chi connectivity index (χ0) is 19.2. The first-order valence-corrected chi connectivity index (χ1v) is 8.98. The van der Waals surface area contributed by atoms with Gasteiger partial charge in [-0.15, -0.1) is 0 Å². The summed E-state index contributed by atoms with van der Waals surface area (Å²) < 4.78 is 11.2. The maximum atomic E-state index is 9.32. The highest BCUT2D eigenvalue weighted by Gasteiger charge is 2.17. The van der Waals surface area contributed by atoms with Crippen LogP contribution in [-0.4, -0.2) is 23.2 Å². The zero-order valence-corrected chi connectivity index (χ0v) is 15.8. The molecule has 136 valence electrons. The Hall–Kier alpha value is -3.10. The van der Waals surface area contributed by atoms with Gasteiger partial charge in [0, 0.05) is 11.1 Å². The van der Waals surface area contributed by atoms with E-state index in [-0.39, 0.29) is 10.8 Å². The van der Waals surface area contributed by atoms with Crippen LogP contribution in [0.25, 0.3) is 22.5 Å². The summed E-state index contributed by atoms with van der Waals surface area (Å²) in [5.74, 6) is 1.45. The van der Waals surface area contributed by atoms with Crippen molar-refractivity contribution in [1.29, 1.82) is 5.26 Å². The average molecular weight is 380 g/mol. The van der Waals surface area contributed by atoms with Gasteiger partial charge < -0.3 is 9.47 Å². The molecule has 2 aromatic carbocycles. The number of hydrogen-bond acceptors (Lipinski definition) is 5. The van der Waals surface area contributed by atoms with Gasteiger partial charge in [-0.1, -0.05) is 35.9 Å². The Balaban J connectivity index is 2.19. The maximum Gasteiger partial charge on any atom is 0.178 e. The Labute approximate surface area is 163 Å². The van der Waals surface area contributed by atoms with Crippen LogP contribution in [0.5, 0.6) is 11.5 Å². The van der Waals surface area contributed by atoms with Gasteiger partial charge in [0.2, 0.25) is 0 Å². The van der Waals surface area contributed by atoms with Crippen molar-refractivity contribution in [2.24, 2.45) is 0 Å². The molecule has 0 aliphatic heterocycles. The minimum absolute atomic E-state index is 0.0685. The fourth-order valence-corrected chi connectivity index (χ4v) is 2.86. The number of nitrogens with zero attached hydrogens (tertiary/aromatic N) is 3. The lowest BCUT2D eigenvalue weighted by atomic mass is 10.0. The molecular weight excluding hydrogens is 362 g/mol. The van der Waals surface area contributed by atoms with Gasteiger partial charge in [-0.3, -0.25) is 0 Å². The first-order valence-electron chi connectivity index (χ1n) is 8.60. The lowest BCUT2D eigenvalue weighted by Gasteiger charge is -2.12. The summed E-state index contributed by atoms with van der Waals surface area (Å²) in [6.45, 7) is 4.97. The molecule has 5 nitrogen and oxygen atoms in total. The highest BCUT2D eigenvalue weighted by atomic mass is 35.5. The number of rotatable bonds is 6. The van der Waals surface area contributed by atoms with E-state index in [9.17, 15) is 5.26 Å². The van der Waals surface area contributed by atoms with Gasteiger partial charge in [-0.2, -0.15) is 5.26 Å². The van der Waals surface area contributed by atoms with E-state index in [1.54, 1.807) is 0 Å². The molecule has 0 saturated heterocycles. The molecule has 0 bridgehead atoms. The summed E-state index contributed by atoms with van der Waals surface area (Å²) in [5.41, 5.74) is 2.81. The average Bonchev–Trinajstić information content (AvgIpc) is 2.69. The second-order valence-corrected chi connectivity index (χ2v) is 5.95. The normalized spacial score (nSPS) is 10.3. The van der Waals surface area contributed by atoms with E-state index in [1.807, 2.05) is 68.4 Å². The number of hydrogen-bond donors (Lipinski definition) is 0. The molecule has 0 aliphatic carbocycles. The van der Waals surface area contributed by atoms with E-state index in [2.05, 4.69) is 9.97 Å². The highest BCUT2D eigenvalue weighted by Crippen LogP contribution is 2.34. The second kappa shape index (κ2) is 8.52. The quantitative estimate of drug-likeness (QED) is 0.593. The molecule has 0 N–H and O–H groups in total. The van der Waals surface area contributed by atoms with Crippen LogP contribution in [0.3, 0.4) is 0 Å². The number of halogens is 1. The van der Waals surface area contributed by atoms with Gasteiger partial charge in [0.25, 0.3) is 0 Å². The minimum atomic E-state index is 0.0685. The lowest BCUT2D eigenvalue weighted by molar-refractivity contribution is 0.340. The Morgan fingerprint density at radius 3 is 1.89 bits per heavy atom. The van der Waals surface area contributed by atoms with Crippen LogP contribution in [0.15, 0.2) is 48.5 Å². The summed E-state index contributed by atoms with van der Waals surface area (Å²) >= 11 is 6.17. The van der Waals surface area contributed by atoms with Crippen LogP contribution in [0.1, 0.15) is 19.5 Å². The molecule has 0 atom stereocenters. The Kier molecular flexibility index (Phi) is 5.90. The van der Waals surface area contributed by atoms with Gasteiger partial charge in [-0.25, -0.2) is 9.97 Å². The number of benzene rings is 2. The molecule has 3 rings (SSSR count). The van der Waals surface area contributed by atoms with Crippen molar-refractivity contribution in [1.82, 2.24) is 9.97 Å². The molecule has 3 aromatic rings. The summed E-state index contributed by atoms with van der Waals surface area (Å²) in [7, 11) is 0. The van der Waals surface area contributed by atoms with Gasteiger partial charge in [-0.05, 0) is 38.1 Å². The Morgan fingerprint density at radius 1 is 0.889 bits per heavy atom. The van der Waals surface area contributed by atoms with E-state index in [1.165, 1.54) is 0 Å². The van der Waals surface area contributed by atoms with E-state index in [0.29, 0.717) is 24.6 Å². The minimum Gasteiger partial charge on any atom is -0.494 e. The zero-order valence-electron chi connectivity index (χ0n) is 15.1. The fraction of sp³-hybridized carbons (Fsp3) is 0.190. The van der Waals surface area contributed by atoms with Crippen molar-refractivity contribution >= 4 is 11.6 Å². The molecule has 0 spiro atoms. The van der Waals surface area contributed by atoms with Crippen LogP contribution in [-0.2, 0) is 0 Å². The van der Waals surface area contributed by atoms with E-state index in [0.717, 1.165) is 22.6 Å². The van der Waals surface area contributed by atoms with Crippen LogP contribution in [0.2, 0.25) is 5.15 Å². The summed E-state index contributed by atoms with van der Waals surface area (Å²) in [6.07, 6.45) is 0. The van der Waals surface area contributed by atoms with E-state index >= 15 is 0 Å². The third kappa shape index (κ3) is 4.18. The number of ether oxygens (including phenoxy) is 2. The monoisotopic (exact) mass is 379 g/mol. The second-order valence-electron chi connectivity index (χ2n) is 5.59. The summed E-state index contributed by atoms with van der Waals surface area (Å²) in [4.78, 5) is 8.91. The van der Waals surface area contributed by atoms with Crippen LogP contribution in [0, 0.1) is 11.3 Å². The van der Waals surface area contributed by atoms with Crippen molar-refractivity contribution < 1.29 is 9.47 Å². The number of nitriles is 1. The predicted molar refractivity (Wildman–Crippen MR) is 105 cm³/mol. The van der Waals surface area contributed by atoms with Gasteiger partial charge in [0.15, 0.2) is 10.8 Å². The molecule has 0 saturated carbocycles. The van der Waals surface area contributed by atoms with Crippen LogP contribution >= 0.6 is 11.6 Å². The maximum absolute atomic E-state index is 9.32. The molecule has 6 heteroatoms. The van der Waals surface area contributed by atoms with Gasteiger partial charge in [0.1, 0.15) is 17.6 Å². The van der Waals surface area contributed by atoms with Crippen LogP contribution in [0.4, 0.5) is 0 Å². The largest absolute Gasteiger partial charge is 0.494 e. The van der Waals surface area contributed by atoms with Gasteiger partial charge >= 0.3 is 0 Å². The lowest BCUT2D eigenvalue weighted by Crippen LogP contribution is -1.99. The predicted octanol–water partition coefficient (Wildman–Crippen LogP) is 5.13. The first-order chi connectivity index (χ1) is 13.2. The van der Waals surface area contributed by atoms with Gasteiger partial charge in [0.05, 0.1) is 24.6 Å². The molecule has 0 amide bonds. The molecule has 1 heterocycles. The molecule has 0 unspecified atom stereocenters. The van der Waals surface area contributed by atoms with Crippen LogP contribution < -0.4 is 9.47 Å². The Morgan fingerprint density at radius 2 is 1.41 bits per heavy atom. The summed E-state index contributed by atoms with van der Waals surface area (Å²) in [5, 5.41) is 9.39. The first kappa shape index (κ1) is 18.7. The SMILES string of the molecule is CCOc1cccc(-c2nc(Cl)c(C#N)nc2-c2cccc(OCC)c2)c1. The van der Waals surface area contributed by atoms with E-state index < -0.39 is 0 Å². The molecule has 0 fully saturated rings. The molecule has 0 aliphatic rings. The molecule has 0 radical (unpaired) electrons. The highest BCUT2D eigenvalue weighted by molar-refractivity contribution is 6.30.